The second-order valence-electron chi connectivity index (χ2n) is 5.25. The average Bonchev–Trinajstić information content (AvgIpc) is 3.09. The molecule has 0 unspecified atom stereocenters. The average molecular weight is 315 g/mol. The summed E-state index contributed by atoms with van der Waals surface area (Å²) >= 11 is 0. The van der Waals surface area contributed by atoms with E-state index in [2.05, 4.69) is 6.07 Å². The van der Waals surface area contributed by atoms with Crippen LogP contribution in [-0.2, 0) is 16.6 Å². The molecule has 1 aromatic carbocycles. The van der Waals surface area contributed by atoms with Crippen LogP contribution < -0.4 is 4.31 Å². The van der Waals surface area contributed by atoms with Crippen molar-refractivity contribution in [1.29, 1.82) is 5.26 Å². The van der Waals surface area contributed by atoms with Crippen molar-refractivity contribution in [3.8, 4) is 17.3 Å². The molecule has 0 amide bonds. The van der Waals surface area contributed by atoms with E-state index in [4.69, 9.17) is 5.26 Å². The lowest BCUT2D eigenvalue weighted by atomic mass is 10.1. The minimum atomic E-state index is -3.15. The summed E-state index contributed by atoms with van der Waals surface area (Å²) in [5.41, 5.74) is 3.28. The third-order valence-corrected chi connectivity index (χ3v) is 5.83. The molecule has 0 spiro atoms. The quantitative estimate of drug-likeness (QED) is 0.874. The molecule has 114 valence electrons. The molecule has 0 radical (unpaired) electrons. The molecule has 0 saturated carbocycles. The molecule has 0 atom stereocenters. The maximum atomic E-state index is 11.9. The van der Waals surface area contributed by atoms with Crippen molar-refractivity contribution in [3.63, 3.8) is 0 Å². The highest BCUT2D eigenvalue weighted by molar-refractivity contribution is 7.93. The largest absolute Gasteiger partial charge is 0.333 e. The molecule has 3 rings (SSSR count). The molecule has 1 aliphatic heterocycles. The Morgan fingerprint density at radius 2 is 1.91 bits per heavy atom. The van der Waals surface area contributed by atoms with Gasteiger partial charge < -0.3 is 4.57 Å². The highest BCUT2D eigenvalue weighted by atomic mass is 32.2. The van der Waals surface area contributed by atoms with E-state index in [0.29, 0.717) is 30.9 Å². The van der Waals surface area contributed by atoms with Crippen LogP contribution in [0, 0.1) is 11.3 Å². The van der Waals surface area contributed by atoms with Gasteiger partial charge in [0.05, 0.1) is 11.4 Å². The first kappa shape index (κ1) is 14.7. The highest BCUT2D eigenvalue weighted by Gasteiger charge is 2.28. The standard InChI is InChI=1S/C16H17N3O2S/c1-2-18-15(12-17)8-9-16(18)13-4-6-14(7-5-13)19-10-3-11-22(19,20)21/h4-9H,2-3,10-11H2,1H3. The predicted octanol–water partition coefficient (Wildman–Crippen LogP) is 2.59. The van der Waals surface area contributed by atoms with Gasteiger partial charge in [-0.1, -0.05) is 12.1 Å². The molecular weight excluding hydrogens is 298 g/mol. The molecule has 0 bridgehead atoms. The van der Waals surface area contributed by atoms with E-state index in [9.17, 15) is 8.42 Å². The van der Waals surface area contributed by atoms with Gasteiger partial charge in [-0.25, -0.2) is 8.42 Å². The summed E-state index contributed by atoms with van der Waals surface area (Å²) < 4.78 is 27.3. The zero-order chi connectivity index (χ0) is 15.7. The summed E-state index contributed by atoms with van der Waals surface area (Å²) in [7, 11) is -3.15. The number of anilines is 1. The van der Waals surface area contributed by atoms with E-state index < -0.39 is 10.0 Å². The van der Waals surface area contributed by atoms with Crippen LogP contribution in [0.3, 0.4) is 0 Å². The summed E-state index contributed by atoms with van der Waals surface area (Å²) in [6.07, 6.45) is 0.675. The Balaban J connectivity index is 1.96. The number of rotatable bonds is 3. The van der Waals surface area contributed by atoms with Crippen LogP contribution in [0.4, 0.5) is 5.69 Å². The normalized spacial score (nSPS) is 16.6. The summed E-state index contributed by atoms with van der Waals surface area (Å²) in [6, 6.07) is 13.4. The van der Waals surface area contributed by atoms with Crippen molar-refractivity contribution in [2.45, 2.75) is 19.9 Å². The monoisotopic (exact) mass is 315 g/mol. The maximum Gasteiger partial charge on any atom is 0.235 e. The summed E-state index contributed by atoms with van der Waals surface area (Å²) in [5.74, 6) is 0.221. The molecule has 6 heteroatoms. The van der Waals surface area contributed by atoms with Gasteiger partial charge in [-0.2, -0.15) is 5.26 Å². The Labute approximate surface area is 130 Å². The number of hydrogen-bond acceptors (Lipinski definition) is 3. The Hall–Kier alpha value is -2.26. The predicted molar refractivity (Wildman–Crippen MR) is 86.0 cm³/mol. The molecule has 0 aliphatic carbocycles. The molecule has 1 saturated heterocycles. The molecule has 22 heavy (non-hydrogen) atoms. The summed E-state index contributed by atoms with van der Waals surface area (Å²) in [6.45, 7) is 3.26. The van der Waals surface area contributed by atoms with Crippen LogP contribution in [0.15, 0.2) is 36.4 Å². The maximum absolute atomic E-state index is 11.9. The first-order valence-corrected chi connectivity index (χ1v) is 8.88. The fraction of sp³-hybridized carbons (Fsp3) is 0.312. The van der Waals surface area contributed by atoms with E-state index in [0.717, 1.165) is 11.3 Å². The molecule has 0 N–H and O–H groups in total. The lowest BCUT2D eigenvalue weighted by molar-refractivity contribution is 0.599. The fourth-order valence-electron chi connectivity index (χ4n) is 2.89. The zero-order valence-corrected chi connectivity index (χ0v) is 13.2. The van der Waals surface area contributed by atoms with Crippen LogP contribution in [0.2, 0.25) is 0 Å². The number of sulfonamides is 1. The summed E-state index contributed by atoms with van der Waals surface area (Å²) in [4.78, 5) is 0. The molecule has 2 heterocycles. The van der Waals surface area contributed by atoms with Gasteiger partial charge in [0.15, 0.2) is 0 Å². The van der Waals surface area contributed by atoms with Gasteiger partial charge in [-0.3, -0.25) is 4.31 Å². The Bertz CT molecular complexity index is 829. The van der Waals surface area contributed by atoms with E-state index in [-0.39, 0.29) is 5.75 Å². The number of nitrogens with zero attached hydrogens (tertiary/aromatic N) is 3. The van der Waals surface area contributed by atoms with Crippen molar-refractivity contribution in [3.05, 3.63) is 42.1 Å². The van der Waals surface area contributed by atoms with Crippen LogP contribution in [0.5, 0.6) is 0 Å². The van der Waals surface area contributed by atoms with E-state index in [1.54, 1.807) is 6.07 Å². The van der Waals surface area contributed by atoms with Crippen LogP contribution in [0.25, 0.3) is 11.3 Å². The molecule has 1 aromatic heterocycles. The molecule has 2 aromatic rings. The van der Waals surface area contributed by atoms with E-state index in [1.807, 2.05) is 41.8 Å². The number of aromatic nitrogens is 1. The van der Waals surface area contributed by atoms with Crippen LogP contribution in [-0.4, -0.2) is 25.3 Å². The van der Waals surface area contributed by atoms with Gasteiger partial charge in [0.1, 0.15) is 11.8 Å². The Kier molecular flexibility index (Phi) is 3.67. The molecule has 1 aliphatic rings. The molecule has 1 fully saturated rings. The smallest absolute Gasteiger partial charge is 0.235 e. The van der Waals surface area contributed by atoms with Gasteiger partial charge in [-0.15, -0.1) is 0 Å². The van der Waals surface area contributed by atoms with Crippen molar-refractivity contribution >= 4 is 15.7 Å². The minimum absolute atomic E-state index is 0.221. The zero-order valence-electron chi connectivity index (χ0n) is 12.4. The van der Waals surface area contributed by atoms with Gasteiger partial charge in [0.2, 0.25) is 10.0 Å². The van der Waals surface area contributed by atoms with Gasteiger partial charge in [0.25, 0.3) is 0 Å². The molecule has 5 nitrogen and oxygen atoms in total. The SMILES string of the molecule is CCn1c(C#N)ccc1-c1ccc(N2CCCS2(=O)=O)cc1. The summed E-state index contributed by atoms with van der Waals surface area (Å²) in [5, 5.41) is 9.11. The number of benzene rings is 1. The second kappa shape index (κ2) is 5.50. The van der Waals surface area contributed by atoms with Crippen molar-refractivity contribution < 1.29 is 8.42 Å². The number of nitriles is 1. The third kappa shape index (κ3) is 2.38. The minimum Gasteiger partial charge on any atom is -0.333 e. The van der Waals surface area contributed by atoms with Crippen molar-refractivity contribution in [2.24, 2.45) is 0 Å². The lowest BCUT2D eigenvalue weighted by Gasteiger charge is -2.17. The number of hydrogen-bond donors (Lipinski definition) is 0. The van der Waals surface area contributed by atoms with E-state index in [1.165, 1.54) is 4.31 Å². The van der Waals surface area contributed by atoms with Gasteiger partial charge in [-0.05, 0) is 43.2 Å². The van der Waals surface area contributed by atoms with Gasteiger partial charge in [0, 0.05) is 18.8 Å². The Morgan fingerprint density at radius 3 is 2.45 bits per heavy atom. The second-order valence-corrected chi connectivity index (χ2v) is 7.26. The van der Waals surface area contributed by atoms with E-state index >= 15 is 0 Å². The first-order chi connectivity index (χ1) is 10.6. The van der Waals surface area contributed by atoms with Gasteiger partial charge >= 0.3 is 0 Å². The van der Waals surface area contributed by atoms with Crippen molar-refractivity contribution in [2.75, 3.05) is 16.6 Å². The lowest BCUT2D eigenvalue weighted by Crippen LogP contribution is -2.24. The van der Waals surface area contributed by atoms with Crippen LogP contribution in [0.1, 0.15) is 19.0 Å². The fourth-order valence-corrected chi connectivity index (χ4v) is 4.45. The topological polar surface area (TPSA) is 66.1 Å². The molecular formula is C16H17N3O2S. The van der Waals surface area contributed by atoms with Crippen LogP contribution >= 0.6 is 0 Å². The Morgan fingerprint density at radius 1 is 1.18 bits per heavy atom. The van der Waals surface area contributed by atoms with Crippen molar-refractivity contribution in [1.82, 2.24) is 4.57 Å². The third-order valence-electron chi connectivity index (χ3n) is 3.96. The first-order valence-electron chi connectivity index (χ1n) is 7.27. The highest BCUT2D eigenvalue weighted by Crippen LogP contribution is 2.28.